The smallest absolute Gasteiger partial charge is 0.332 e. The molecule has 0 fully saturated rings. The third-order valence-corrected chi connectivity index (χ3v) is 2.49. The summed E-state index contributed by atoms with van der Waals surface area (Å²) in [6.45, 7) is 2.19. The van der Waals surface area contributed by atoms with Crippen molar-refractivity contribution in [3.8, 4) is 0 Å². The van der Waals surface area contributed by atoms with Crippen LogP contribution in [0.3, 0.4) is 0 Å². The molecule has 2 amide bonds. The van der Waals surface area contributed by atoms with Crippen LogP contribution in [0.5, 0.6) is 0 Å². The van der Waals surface area contributed by atoms with E-state index >= 15 is 0 Å². The summed E-state index contributed by atoms with van der Waals surface area (Å²) >= 11 is 0. The maximum absolute atomic E-state index is 10.5. The van der Waals surface area contributed by atoms with Crippen molar-refractivity contribution >= 4 is 11.7 Å². The number of unbranched alkanes of at least 4 members (excludes halogenated alkanes) is 2. The number of hydrogen-bond donors (Lipinski definition) is 2. The number of nitrogens with zero attached hydrogens (tertiary/aromatic N) is 1. The van der Waals surface area contributed by atoms with Gasteiger partial charge < -0.3 is 5.73 Å². The van der Waals surface area contributed by atoms with Gasteiger partial charge in [-0.25, -0.2) is 10.2 Å². The fraction of sp³-hybridized carbons (Fsp3) is 0.636. The number of nitrogens with one attached hydrogen (secondary N) is 1. The van der Waals surface area contributed by atoms with E-state index in [2.05, 4.69) is 23.5 Å². The van der Waals surface area contributed by atoms with Crippen LogP contribution < -0.4 is 11.2 Å². The maximum Gasteiger partial charge on any atom is 0.332 e. The van der Waals surface area contributed by atoms with Crippen LogP contribution in [0.4, 0.5) is 4.79 Å². The van der Waals surface area contributed by atoms with Crippen molar-refractivity contribution in [3.63, 3.8) is 0 Å². The number of allylic oxidation sites excluding steroid dienone is 2. The lowest BCUT2D eigenvalue weighted by Crippen LogP contribution is -2.25. The summed E-state index contributed by atoms with van der Waals surface area (Å²) in [5.74, 6) is 0. The standard InChI is InChI=1S/C11H19N3O/c1-2-3-4-6-9-7-5-8-10(9)13-14-11(12)15/h7H,2-6,8H2,1H3,(H3,12,14,15). The predicted molar refractivity (Wildman–Crippen MR) is 61.6 cm³/mol. The van der Waals surface area contributed by atoms with Gasteiger partial charge in [-0.2, -0.15) is 5.10 Å². The first-order chi connectivity index (χ1) is 7.24. The van der Waals surface area contributed by atoms with Crippen LogP contribution in [0.1, 0.15) is 45.4 Å². The van der Waals surface area contributed by atoms with Gasteiger partial charge in [0.15, 0.2) is 0 Å². The molecule has 84 valence electrons. The molecule has 0 saturated heterocycles. The van der Waals surface area contributed by atoms with Crippen LogP contribution in [0.25, 0.3) is 0 Å². The Labute approximate surface area is 90.6 Å². The van der Waals surface area contributed by atoms with Gasteiger partial charge >= 0.3 is 6.03 Å². The highest BCUT2D eigenvalue weighted by Crippen LogP contribution is 2.20. The molecule has 1 rings (SSSR count). The molecule has 0 spiro atoms. The minimum atomic E-state index is -0.595. The number of hydrazone groups is 1. The van der Waals surface area contributed by atoms with E-state index in [-0.39, 0.29) is 0 Å². The molecule has 0 unspecified atom stereocenters. The van der Waals surface area contributed by atoms with Gasteiger partial charge in [-0.05, 0) is 31.3 Å². The van der Waals surface area contributed by atoms with E-state index in [1.54, 1.807) is 0 Å². The van der Waals surface area contributed by atoms with Crippen LogP contribution in [-0.4, -0.2) is 11.7 Å². The average molecular weight is 209 g/mol. The fourth-order valence-corrected chi connectivity index (χ4v) is 1.72. The number of carbonyl (C=O) groups excluding carboxylic acids is 1. The zero-order valence-corrected chi connectivity index (χ0v) is 9.25. The second kappa shape index (κ2) is 6.22. The van der Waals surface area contributed by atoms with E-state index < -0.39 is 6.03 Å². The summed E-state index contributed by atoms with van der Waals surface area (Å²) in [4.78, 5) is 10.5. The fourth-order valence-electron chi connectivity index (χ4n) is 1.72. The molecule has 15 heavy (non-hydrogen) atoms. The minimum Gasteiger partial charge on any atom is -0.350 e. The minimum absolute atomic E-state index is 0.595. The topological polar surface area (TPSA) is 67.5 Å². The highest BCUT2D eigenvalue weighted by Gasteiger charge is 2.12. The van der Waals surface area contributed by atoms with Crippen LogP contribution in [-0.2, 0) is 0 Å². The Hall–Kier alpha value is -1.32. The molecular formula is C11H19N3O. The summed E-state index contributed by atoms with van der Waals surface area (Å²) in [7, 11) is 0. The monoisotopic (exact) mass is 209 g/mol. The third-order valence-electron chi connectivity index (χ3n) is 2.49. The van der Waals surface area contributed by atoms with Crippen LogP contribution >= 0.6 is 0 Å². The number of carbonyl (C=O) groups is 1. The van der Waals surface area contributed by atoms with Crippen molar-refractivity contribution in [2.24, 2.45) is 10.8 Å². The Balaban J connectivity index is 2.41. The number of urea groups is 1. The molecule has 4 heteroatoms. The first kappa shape index (κ1) is 11.8. The molecule has 0 aliphatic heterocycles. The Morgan fingerprint density at radius 1 is 1.60 bits per heavy atom. The number of hydrogen-bond acceptors (Lipinski definition) is 2. The predicted octanol–water partition coefficient (Wildman–Crippen LogP) is 2.31. The first-order valence-corrected chi connectivity index (χ1v) is 5.55. The number of rotatable bonds is 5. The van der Waals surface area contributed by atoms with Crippen molar-refractivity contribution in [1.29, 1.82) is 0 Å². The highest BCUT2D eigenvalue weighted by atomic mass is 16.2. The van der Waals surface area contributed by atoms with Crippen molar-refractivity contribution in [2.75, 3.05) is 0 Å². The molecule has 1 aliphatic rings. The second-order valence-electron chi connectivity index (χ2n) is 3.76. The van der Waals surface area contributed by atoms with Gasteiger partial charge in [0, 0.05) is 0 Å². The molecule has 4 nitrogen and oxygen atoms in total. The molecule has 0 radical (unpaired) electrons. The SMILES string of the molecule is CCCCCC1=CCCC1=NNC(N)=O. The molecule has 1 aliphatic carbocycles. The van der Waals surface area contributed by atoms with Crippen LogP contribution in [0.2, 0.25) is 0 Å². The lowest BCUT2D eigenvalue weighted by Gasteiger charge is -2.04. The lowest BCUT2D eigenvalue weighted by atomic mass is 10.1. The number of amides is 2. The molecule has 0 aromatic heterocycles. The summed E-state index contributed by atoms with van der Waals surface area (Å²) in [5.41, 5.74) is 9.52. The largest absolute Gasteiger partial charge is 0.350 e. The molecular weight excluding hydrogens is 190 g/mol. The van der Waals surface area contributed by atoms with E-state index in [4.69, 9.17) is 5.73 Å². The maximum atomic E-state index is 10.5. The second-order valence-corrected chi connectivity index (χ2v) is 3.76. The Morgan fingerprint density at radius 2 is 2.40 bits per heavy atom. The average Bonchev–Trinajstić information content (AvgIpc) is 2.63. The van der Waals surface area contributed by atoms with E-state index in [0.29, 0.717) is 0 Å². The van der Waals surface area contributed by atoms with Crippen molar-refractivity contribution in [3.05, 3.63) is 11.6 Å². The van der Waals surface area contributed by atoms with E-state index in [1.807, 2.05) is 0 Å². The Morgan fingerprint density at radius 3 is 3.07 bits per heavy atom. The van der Waals surface area contributed by atoms with E-state index in [0.717, 1.165) is 25.0 Å². The Bertz CT molecular complexity index is 282. The number of nitrogens with two attached hydrogens (primary N) is 1. The molecule has 0 saturated carbocycles. The summed E-state index contributed by atoms with van der Waals surface area (Å²) < 4.78 is 0. The lowest BCUT2D eigenvalue weighted by molar-refractivity contribution is 0.249. The van der Waals surface area contributed by atoms with Crippen LogP contribution in [0, 0.1) is 0 Å². The zero-order valence-electron chi connectivity index (χ0n) is 9.25. The first-order valence-electron chi connectivity index (χ1n) is 5.55. The molecule has 0 bridgehead atoms. The quantitative estimate of drug-likeness (QED) is 0.529. The summed E-state index contributed by atoms with van der Waals surface area (Å²) in [6.07, 6.45) is 8.87. The van der Waals surface area contributed by atoms with Gasteiger partial charge in [-0.3, -0.25) is 0 Å². The summed E-state index contributed by atoms with van der Waals surface area (Å²) in [5, 5.41) is 4.01. The highest BCUT2D eigenvalue weighted by molar-refractivity contribution is 6.02. The van der Waals surface area contributed by atoms with Gasteiger partial charge in [0.25, 0.3) is 0 Å². The number of primary amides is 1. The van der Waals surface area contributed by atoms with E-state index in [1.165, 1.54) is 24.8 Å². The Kier molecular flexibility index (Phi) is 4.87. The van der Waals surface area contributed by atoms with Crippen LogP contribution in [0.15, 0.2) is 16.8 Å². The molecule has 3 N–H and O–H groups in total. The van der Waals surface area contributed by atoms with Crippen molar-refractivity contribution in [2.45, 2.75) is 45.4 Å². The van der Waals surface area contributed by atoms with Gasteiger partial charge in [-0.1, -0.05) is 25.8 Å². The third kappa shape index (κ3) is 4.14. The molecule has 0 heterocycles. The molecule has 0 atom stereocenters. The van der Waals surface area contributed by atoms with E-state index in [9.17, 15) is 4.79 Å². The summed E-state index contributed by atoms with van der Waals surface area (Å²) in [6, 6.07) is -0.595. The van der Waals surface area contributed by atoms with Gasteiger partial charge in [0.05, 0.1) is 5.71 Å². The van der Waals surface area contributed by atoms with Gasteiger partial charge in [-0.15, -0.1) is 0 Å². The molecule has 0 aromatic carbocycles. The zero-order chi connectivity index (χ0) is 11.1. The van der Waals surface area contributed by atoms with Gasteiger partial charge in [0.1, 0.15) is 0 Å². The van der Waals surface area contributed by atoms with Crippen molar-refractivity contribution in [1.82, 2.24) is 5.43 Å². The molecule has 0 aromatic rings. The van der Waals surface area contributed by atoms with Gasteiger partial charge in [0.2, 0.25) is 0 Å². The van der Waals surface area contributed by atoms with Crippen molar-refractivity contribution < 1.29 is 4.79 Å². The normalized spacial score (nSPS) is 17.9.